The molecule has 0 spiro atoms. The highest BCUT2D eigenvalue weighted by molar-refractivity contribution is 6.31. The lowest BCUT2D eigenvalue weighted by atomic mass is 9.75. The molecule has 1 heterocycles. The van der Waals surface area contributed by atoms with Gasteiger partial charge in [0.05, 0.1) is 7.11 Å². The molecule has 1 unspecified atom stereocenters. The molecule has 0 saturated carbocycles. The van der Waals surface area contributed by atoms with Gasteiger partial charge < -0.3 is 10.1 Å². The van der Waals surface area contributed by atoms with E-state index in [1.807, 2.05) is 12.1 Å². The Hall–Kier alpha value is -0.730. The molecule has 0 aromatic heterocycles. The number of nitrogens with one attached hydrogen (secondary N) is 1. The van der Waals surface area contributed by atoms with Gasteiger partial charge in [-0.05, 0) is 31.5 Å². The quantitative estimate of drug-likeness (QED) is 0.836. The fourth-order valence-electron chi connectivity index (χ4n) is 2.03. The summed E-state index contributed by atoms with van der Waals surface area (Å²) in [5.41, 5.74) is 1.36. The molecule has 0 radical (unpaired) electrons. The van der Waals surface area contributed by atoms with Gasteiger partial charge in [-0.1, -0.05) is 17.7 Å². The molecule has 1 aliphatic heterocycles. The zero-order valence-corrected chi connectivity index (χ0v) is 10.1. The van der Waals surface area contributed by atoms with Gasteiger partial charge in [-0.2, -0.15) is 0 Å². The van der Waals surface area contributed by atoms with Crippen molar-refractivity contribution in [1.29, 1.82) is 0 Å². The van der Waals surface area contributed by atoms with Gasteiger partial charge in [0.1, 0.15) is 5.75 Å². The molecule has 0 aliphatic carbocycles. The van der Waals surface area contributed by atoms with Gasteiger partial charge in [-0.15, -0.1) is 0 Å². The third-order valence-corrected chi connectivity index (χ3v) is 3.54. The number of halogens is 1. The number of rotatable bonds is 2. The van der Waals surface area contributed by atoms with Crippen molar-refractivity contribution in [3.8, 4) is 5.75 Å². The first-order valence-electron chi connectivity index (χ1n) is 5.13. The van der Waals surface area contributed by atoms with E-state index in [-0.39, 0.29) is 5.54 Å². The van der Waals surface area contributed by atoms with Gasteiger partial charge in [0.2, 0.25) is 0 Å². The summed E-state index contributed by atoms with van der Waals surface area (Å²) in [4.78, 5) is 0. The Kier molecular flexibility index (Phi) is 2.65. The van der Waals surface area contributed by atoms with Crippen LogP contribution in [0.25, 0.3) is 0 Å². The molecule has 0 bridgehead atoms. The predicted molar refractivity (Wildman–Crippen MR) is 62.8 cm³/mol. The Balaban J connectivity index is 2.30. The molecule has 1 aromatic rings. The van der Waals surface area contributed by atoms with Crippen LogP contribution in [0.3, 0.4) is 0 Å². The van der Waals surface area contributed by atoms with E-state index in [1.165, 1.54) is 5.56 Å². The van der Waals surface area contributed by atoms with Crippen molar-refractivity contribution < 1.29 is 4.74 Å². The van der Waals surface area contributed by atoms with E-state index >= 15 is 0 Å². The molecule has 2 nitrogen and oxygen atoms in total. The van der Waals surface area contributed by atoms with Crippen LogP contribution < -0.4 is 10.1 Å². The Morgan fingerprint density at radius 2 is 2.20 bits per heavy atom. The van der Waals surface area contributed by atoms with Crippen LogP contribution in [0, 0.1) is 0 Å². The number of methoxy groups -OCH3 is 1. The second-order valence-corrected chi connectivity index (χ2v) is 4.95. The second-order valence-electron chi connectivity index (χ2n) is 4.54. The lowest BCUT2D eigenvalue weighted by molar-refractivity contribution is 0.208. The highest BCUT2D eigenvalue weighted by Crippen LogP contribution is 2.39. The maximum Gasteiger partial charge on any atom is 0.120 e. The van der Waals surface area contributed by atoms with Crippen molar-refractivity contribution in [2.45, 2.75) is 25.3 Å². The van der Waals surface area contributed by atoms with Crippen molar-refractivity contribution in [1.82, 2.24) is 5.32 Å². The van der Waals surface area contributed by atoms with E-state index in [9.17, 15) is 0 Å². The van der Waals surface area contributed by atoms with Crippen molar-refractivity contribution in [3.63, 3.8) is 0 Å². The summed E-state index contributed by atoms with van der Waals surface area (Å²) in [6, 6.07) is 5.91. The number of hydrogen-bond acceptors (Lipinski definition) is 2. The Morgan fingerprint density at radius 1 is 1.47 bits per heavy atom. The van der Waals surface area contributed by atoms with Gasteiger partial charge in [-0.25, -0.2) is 0 Å². The topological polar surface area (TPSA) is 21.3 Å². The molecule has 1 saturated heterocycles. The molecular weight excluding hydrogens is 210 g/mol. The predicted octanol–water partition coefficient (Wildman–Crippen LogP) is 2.81. The molecular formula is C12H16ClNO. The third-order valence-electron chi connectivity index (χ3n) is 3.22. The molecule has 3 heteroatoms. The zero-order valence-electron chi connectivity index (χ0n) is 9.30. The molecule has 1 N–H and O–H groups in total. The second kappa shape index (κ2) is 3.69. The zero-order chi connectivity index (χ0) is 11.1. The maximum atomic E-state index is 6.24. The first-order chi connectivity index (χ1) is 7.04. The van der Waals surface area contributed by atoms with Gasteiger partial charge in [-0.3, -0.25) is 0 Å². The average Bonchev–Trinajstić information content (AvgIpc) is 2.19. The fraction of sp³-hybridized carbons (Fsp3) is 0.500. The van der Waals surface area contributed by atoms with E-state index < -0.39 is 0 Å². The average molecular weight is 226 g/mol. The van der Waals surface area contributed by atoms with Gasteiger partial charge >= 0.3 is 0 Å². The van der Waals surface area contributed by atoms with Crippen molar-refractivity contribution >= 4 is 11.6 Å². The van der Waals surface area contributed by atoms with Crippen molar-refractivity contribution in [3.05, 3.63) is 28.8 Å². The van der Waals surface area contributed by atoms with Crippen LogP contribution in [0.4, 0.5) is 0 Å². The summed E-state index contributed by atoms with van der Waals surface area (Å²) in [5.74, 6) is 1.31. The standard InChI is InChI=1S/C12H16ClNO/c1-12(2)10(7-14-12)9-5-4-8(15-3)6-11(9)13/h4-6,10,14H,7H2,1-3H3. The number of ether oxygens (including phenoxy) is 1. The van der Waals surface area contributed by atoms with Crippen LogP contribution >= 0.6 is 11.6 Å². The molecule has 0 amide bonds. The summed E-state index contributed by atoms with van der Waals surface area (Å²) in [7, 11) is 1.65. The van der Waals surface area contributed by atoms with Gasteiger partial charge in [0, 0.05) is 23.0 Å². The number of benzene rings is 1. The van der Waals surface area contributed by atoms with Crippen LogP contribution in [0.2, 0.25) is 5.02 Å². The Bertz CT molecular complexity index is 376. The van der Waals surface area contributed by atoms with Crippen molar-refractivity contribution in [2.24, 2.45) is 0 Å². The molecule has 1 atom stereocenters. The smallest absolute Gasteiger partial charge is 0.120 e. The summed E-state index contributed by atoms with van der Waals surface area (Å²) in [5, 5.41) is 4.20. The minimum absolute atomic E-state index is 0.151. The van der Waals surface area contributed by atoms with E-state index in [0.29, 0.717) is 5.92 Å². The van der Waals surface area contributed by atoms with E-state index in [0.717, 1.165) is 17.3 Å². The summed E-state index contributed by atoms with van der Waals surface area (Å²) in [6.45, 7) is 5.39. The summed E-state index contributed by atoms with van der Waals surface area (Å²) < 4.78 is 5.13. The minimum atomic E-state index is 0.151. The highest BCUT2D eigenvalue weighted by Gasteiger charge is 2.39. The minimum Gasteiger partial charge on any atom is -0.497 e. The molecule has 1 aromatic carbocycles. The van der Waals surface area contributed by atoms with Crippen molar-refractivity contribution in [2.75, 3.05) is 13.7 Å². The lowest BCUT2D eigenvalue weighted by Gasteiger charge is -2.46. The number of hydrogen-bond donors (Lipinski definition) is 1. The van der Waals surface area contributed by atoms with E-state index in [4.69, 9.17) is 16.3 Å². The van der Waals surface area contributed by atoms with Crippen LogP contribution in [-0.4, -0.2) is 19.2 Å². The van der Waals surface area contributed by atoms with E-state index in [2.05, 4.69) is 25.2 Å². The van der Waals surface area contributed by atoms with Crippen LogP contribution in [0.1, 0.15) is 25.3 Å². The molecule has 82 valence electrons. The summed E-state index contributed by atoms with van der Waals surface area (Å²) in [6.07, 6.45) is 0. The Morgan fingerprint density at radius 3 is 2.60 bits per heavy atom. The van der Waals surface area contributed by atoms with E-state index in [1.54, 1.807) is 7.11 Å². The SMILES string of the molecule is COc1ccc(C2CNC2(C)C)c(Cl)c1. The summed E-state index contributed by atoms with van der Waals surface area (Å²) >= 11 is 6.24. The Labute approximate surface area is 95.6 Å². The maximum absolute atomic E-state index is 6.24. The molecule has 15 heavy (non-hydrogen) atoms. The first kappa shape index (κ1) is 10.8. The molecule has 1 fully saturated rings. The van der Waals surface area contributed by atoms with Gasteiger partial charge in [0.25, 0.3) is 0 Å². The largest absolute Gasteiger partial charge is 0.497 e. The molecule has 1 aliphatic rings. The van der Waals surface area contributed by atoms with Gasteiger partial charge in [0.15, 0.2) is 0 Å². The molecule has 2 rings (SSSR count). The van der Waals surface area contributed by atoms with Crippen LogP contribution in [-0.2, 0) is 0 Å². The first-order valence-corrected chi connectivity index (χ1v) is 5.51. The monoisotopic (exact) mass is 225 g/mol. The normalized spacial score (nSPS) is 23.3. The fourth-order valence-corrected chi connectivity index (χ4v) is 2.33. The third kappa shape index (κ3) is 1.84. The highest BCUT2D eigenvalue weighted by atomic mass is 35.5. The lowest BCUT2D eigenvalue weighted by Crippen LogP contribution is -2.59. The van der Waals surface area contributed by atoms with Crippen LogP contribution in [0.15, 0.2) is 18.2 Å². The van der Waals surface area contributed by atoms with Crippen LogP contribution in [0.5, 0.6) is 5.75 Å².